The highest BCUT2D eigenvalue weighted by atomic mass is 15.1. The molecule has 1 aliphatic rings. The average molecular weight is 703 g/mol. The molecule has 0 unspecified atom stereocenters. The number of anilines is 6. The molecule has 0 saturated heterocycles. The summed E-state index contributed by atoms with van der Waals surface area (Å²) in [4.78, 5) is 4.71. The maximum Gasteiger partial charge on any atom is 0.0462 e. The Labute approximate surface area is 322 Å². The Kier molecular flexibility index (Phi) is 10.2. The summed E-state index contributed by atoms with van der Waals surface area (Å²) in [7, 11) is 0. The number of nitrogens with zero attached hydrogens (tertiary/aromatic N) is 2. The van der Waals surface area contributed by atoms with E-state index in [1.54, 1.807) is 0 Å². The molecule has 0 N–H and O–H groups in total. The summed E-state index contributed by atoms with van der Waals surface area (Å²) in [6, 6.07) is 60.9. The van der Waals surface area contributed by atoms with Crippen LogP contribution in [-0.4, -0.2) is 0 Å². The van der Waals surface area contributed by atoms with Gasteiger partial charge in [-0.15, -0.1) is 0 Å². The molecule has 0 spiro atoms. The van der Waals surface area contributed by atoms with Crippen LogP contribution in [0.3, 0.4) is 0 Å². The van der Waals surface area contributed by atoms with Gasteiger partial charge in [-0.3, -0.25) is 0 Å². The molecule has 0 aliphatic heterocycles. The van der Waals surface area contributed by atoms with Gasteiger partial charge in [0.2, 0.25) is 0 Å². The van der Waals surface area contributed by atoms with Gasteiger partial charge in [-0.05, 0) is 153 Å². The number of benzene rings is 7. The predicted octanol–water partition coefficient (Wildman–Crippen LogP) is 15.2. The minimum absolute atomic E-state index is 0.596. The zero-order valence-corrected chi connectivity index (χ0v) is 32.1. The van der Waals surface area contributed by atoms with Crippen molar-refractivity contribution < 1.29 is 0 Å². The van der Waals surface area contributed by atoms with Crippen molar-refractivity contribution in [2.24, 2.45) is 0 Å². The number of rotatable bonds is 9. The van der Waals surface area contributed by atoms with E-state index < -0.39 is 0 Å². The molecule has 2 nitrogen and oxygen atoms in total. The molecule has 2 heteroatoms. The molecule has 1 fully saturated rings. The lowest BCUT2D eigenvalue weighted by molar-refractivity contribution is 0.444. The lowest BCUT2D eigenvalue weighted by atomic mass is 9.80. The minimum Gasteiger partial charge on any atom is -0.311 e. The van der Waals surface area contributed by atoms with E-state index in [1.807, 2.05) is 0 Å². The Hall–Kier alpha value is -5.86. The molecular formula is C52H50N2. The van der Waals surface area contributed by atoms with Crippen LogP contribution in [0.15, 0.2) is 164 Å². The molecule has 54 heavy (non-hydrogen) atoms. The van der Waals surface area contributed by atoms with Gasteiger partial charge in [0, 0.05) is 34.1 Å². The zero-order chi connectivity index (χ0) is 37.0. The third-order valence-corrected chi connectivity index (χ3v) is 11.2. The first-order valence-electron chi connectivity index (χ1n) is 19.6. The highest BCUT2D eigenvalue weighted by molar-refractivity contribution is 5.82. The third-order valence-electron chi connectivity index (χ3n) is 11.2. The molecule has 0 aromatic heterocycles. The summed E-state index contributed by atoms with van der Waals surface area (Å²) in [5.41, 5.74) is 18.6. The second-order valence-electron chi connectivity index (χ2n) is 15.2. The second kappa shape index (κ2) is 15.6. The Balaban J connectivity index is 1.16. The fourth-order valence-corrected chi connectivity index (χ4v) is 8.02. The first kappa shape index (κ1) is 35.2. The van der Waals surface area contributed by atoms with Crippen LogP contribution in [0.5, 0.6) is 0 Å². The van der Waals surface area contributed by atoms with Crippen molar-refractivity contribution in [3.05, 3.63) is 192 Å². The van der Waals surface area contributed by atoms with Gasteiger partial charge in [0.05, 0.1) is 0 Å². The van der Waals surface area contributed by atoms with E-state index in [4.69, 9.17) is 0 Å². The van der Waals surface area contributed by atoms with Gasteiger partial charge >= 0.3 is 0 Å². The molecule has 1 aliphatic carbocycles. The number of hydrogen-bond acceptors (Lipinski definition) is 2. The molecule has 1 saturated carbocycles. The SMILES string of the molecule is Cc1ccc(N(c2ccc(C)cc2)c2ccc(-c3ccc(C4CCCCC4)c(-c4ccc(N(c5ccc(C)cc5)c5ccc(C)cc5)cc4)c3)cc2)cc1. The van der Waals surface area contributed by atoms with Crippen molar-refractivity contribution in [2.75, 3.05) is 9.80 Å². The van der Waals surface area contributed by atoms with Gasteiger partial charge < -0.3 is 9.80 Å². The molecule has 0 bridgehead atoms. The predicted molar refractivity (Wildman–Crippen MR) is 231 cm³/mol. The Morgan fingerprint density at radius 1 is 0.333 bits per heavy atom. The first-order chi connectivity index (χ1) is 26.4. The van der Waals surface area contributed by atoms with Crippen LogP contribution in [0.2, 0.25) is 0 Å². The summed E-state index contributed by atoms with van der Waals surface area (Å²) < 4.78 is 0. The van der Waals surface area contributed by atoms with Crippen molar-refractivity contribution >= 4 is 34.1 Å². The van der Waals surface area contributed by atoms with Crippen LogP contribution < -0.4 is 9.80 Å². The largest absolute Gasteiger partial charge is 0.311 e. The standard InChI is InChI=1S/C52H50N2/c1-37-10-23-45(24-11-37)53(46-25-12-38(2)13-26-46)49-31-18-41(19-32-49)44-22-35-51(42-8-6-5-7-9-42)52(36-44)43-20-33-50(34-21-43)54(47-27-14-39(3)15-28-47)48-29-16-40(4)17-30-48/h10-36,42H,5-9H2,1-4H3. The summed E-state index contributed by atoms with van der Waals surface area (Å²) in [5, 5.41) is 0. The topological polar surface area (TPSA) is 6.48 Å². The van der Waals surface area contributed by atoms with E-state index in [2.05, 4.69) is 201 Å². The smallest absolute Gasteiger partial charge is 0.0462 e. The number of aryl methyl sites for hydroxylation is 4. The van der Waals surface area contributed by atoms with E-state index >= 15 is 0 Å². The van der Waals surface area contributed by atoms with Crippen molar-refractivity contribution in [1.29, 1.82) is 0 Å². The van der Waals surface area contributed by atoms with Crippen molar-refractivity contribution in [3.63, 3.8) is 0 Å². The quantitative estimate of drug-likeness (QED) is 0.148. The second-order valence-corrected chi connectivity index (χ2v) is 15.2. The van der Waals surface area contributed by atoms with Crippen LogP contribution >= 0.6 is 0 Å². The molecule has 0 atom stereocenters. The van der Waals surface area contributed by atoms with Crippen molar-refractivity contribution in [1.82, 2.24) is 0 Å². The normalized spacial score (nSPS) is 13.1. The van der Waals surface area contributed by atoms with E-state index in [1.165, 1.54) is 82.2 Å². The van der Waals surface area contributed by atoms with Crippen molar-refractivity contribution in [2.45, 2.75) is 65.7 Å². The maximum atomic E-state index is 2.45. The summed E-state index contributed by atoms with van der Waals surface area (Å²) in [6.07, 6.45) is 6.50. The molecule has 7 aromatic carbocycles. The van der Waals surface area contributed by atoms with Crippen molar-refractivity contribution in [3.8, 4) is 22.3 Å². The monoisotopic (exact) mass is 702 g/mol. The Morgan fingerprint density at radius 3 is 1.02 bits per heavy atom. The molecule has 0 heterocycles. The first-order valence-corrected chi connectivity index (χ1v) is 19.6. The minimum atomic E-state index is 0.596. The fraction of sp³-hybridized carbons (Fsp3) is 0.192. The van der Waals surface area contributed by atoms with Gasteiger partial charge in [0.15, 0.2) is 0 Å². The lowest BCUT2D eigenvalue weighted by Gasteiger charge is -2.27. The van der Waals surface area contributed by atoms with Gasteiger partial charge in [0.25, 0.3) is 0 Å². The third kappa shape index (κ3) is 7.61. The lowest BCUT2D eigenvalue weighted by Crippen LogP contribution is -2.10. The Morgan fingerprint density at radius 2 is 0.648 bits per heavy atom. The molecule has 0 amide bonds. The molecule has 268 valence electrons. The van der Waals surface area contributed by atoms with Gasteiger partial charge in [0.1, 0.15) is 0 Å². The van der Waals surface area contributed by atoms with Gasteiger partial charge in [-0.2, -0.15) is 0 Å². The molecule has 0 radical (unpaired) electrons. The van der Waals surface area contributed by atoms with E-state index in [-0.39, 0.29) is 0 Å². The molecule has 7 aromatic rings. The van der Waals surface area contributed by atoms with Gasteiger partial charge in [-0.25, -0.2) is 0 Å². The summed E-state index contributed by atoms with van der Waals surface area (Å²) >= 11 is 0. The van der Waals surface area contributed by atoms with Crippen LogP contribution in [0.1, 0.15) is 65.8 Å². The number of hydrogen-bond donors (Lipinski definition) is 0. The summed E-state index contributed by atoms with van der Waals surface area (Å²) in [6.45, 7) is 8.57. The van der Waals surface area contributed by atoms with Crippen LogP contribution in [0.4, 0.5) is 34.1 Å². The zero-order valence-electron chi connectivity index (χ0n) is 32.1. The van der Waals surface area contributed by atoms with Gasteiger partial charge in [-0.1, -0.05) is 126 Å². The Bertz CT molecular complexity index is 2200. The highest BCUT2D eigenvalue weighted by Crippen LogP contribution is 2.42. The van der Waals surface area contributed by atoms with Crippen LogP contribution in [0.25, 0.3) is 22.3 Å². The fourth-order valence-electron chi connectivity index (χ4n) is 8.02. The van der Waals surface area contributed by atoms with E-state index in [0.29, 0.717) is 5.92 Å². The van der Waals surface area contributed by atoms with Crippen LogP contribution in [-0.2, 0) is 0 Å². The maximum absolute atomic E-state index is 2.45. The van der Waals surface area contributed by atoms with Crippen LogP contribution in [0, 0.1) is 27.7 Å². The average Bonchev–Trinajstić information content (AvgIpc) is 3.22. The van der Waals surface area contributed by atoms with E-state index in [0.717, 1.165) is 34.1 Å². The van der Waals surface area contributed by atoms with E-state index in [9.17, 15) is 0 Å². The summed E-state index contributed by atoms with van der Waals surface area (Å²) in [5.74, 6) is 0.596. The highest BCUT2D eigenvalue weighted by Gasteiger charge is 2.21. The molecular weight excluding hydrogens is 653 g/mol. The molecule has 8 rings (SSSR count).